The Morgan fingerprint density at radius 3 is 2.68 bits per heavy atom. The van der Waals surface area contributed by atoms with E-state index in [2.05, 4.69) is 21.4 Å². The predicted molar refractivity (Wildman–Crippen MR) is 186 cm³/mol. The molecule has 2 bridgehead atoms. The second-order valence-corrected chi connectivity index (χ2v) is 14.3. The third-order valence-corrected chi connectivity index (χ3v) is 10.8. The average molecular weight is 718 g/mol. The second kappa shape index (κ2) is 13.1. The van der Waals surface area contributed by atoms with Gasteiger partial charge >= 0.3 is 0 Å². The van der Waals surface area contributed by atoms with Crippen molar-refractivity contribution in [1.29, 1.82) is 5.26 Å². The predicted octanol–water partition coefficient (Wildman–Crippen LogP) is 4.00. The van der Waals surface area contributed by atoms with E-state index < -0.39 is 23.9 Å². The topological polar surface area (TPSA) is 189 Å². The Bertz CT molecular complexity index is 2260. The quantitative estimate of drug-likeness (QED) is 0.292. The Hall–Kier alpha value is -6.17. The number of halogens is 1. The molecular formula is C38H36FN9O5. The van der Waals surface area contributed by atoms with Crippen LogP contribution in [-0.2, 0) is 29.1 Å². The van der Waals surface area contributed by atoms with Gasteiger partial charge in [-0.05, 0) is 80.3 Å². The summed E-state index contributed by atoms with van der Waals surface area (Å²) in [5, 5.41) is 17.8. The first-order chi connectivity index (χ1) is 25.5. The van der Waals surface area contributed by atoms with Crippen LogP contribution in [0, 0.1) is 23.1 Å². The van der Waals surface area contributed by atoms with Crippen LogP contribution in [0.3, 0.4) is 0 Å². The molecule has 270 valence electrons. The number of anilines is 1. The molecule has 1 saturated heterocycles. The fourth-order valence-corrected chi connectivity index (χ4v) is 8.14. The molecule has 2 aromatic carbocycles. The number of imide groups is 1. The number of carbonyl (C=O) groups excluding carboxylic acids is 4. The maximum atomic E-state index is 14.4. The Balaban J connectivity index is 1.06. The van der Waals surface area contributed by atoms with Crippen LogP contribution >= 0.6 is 0 Å². The van der Waals surface area contributed by atoms with Crippen molar-refractivity contribution in [3.8, 4) is 23.2 Å². The van der Waals surface area contributed by atoms with Crippen molar-refractivity contribution in [3.05, 3.63) is 87.6 Å². The van der Waals surface area contributed by atoms with Crippen molar-refractivity contribution in [2.24, 2.45) is 5.92 Å². The number of nitriles is 1. The van der Waals surface area contributed by atoms with E-state index in [9.17, 15) is 28.8 Å². The third kappa shape index (κ3) is 6.03. The number of fused-ring (bicyclic) bond motifs is 6. The van der Waals surface area contributed by atoms with Crippen molar-refractivity contribution < 1.29 is 28.3 Å². The molecule has 4 atom stereocenters. The summed E-state index contributed by atoms with van der Waals surface area (Å²) in [5.41, 5.74) is 10.6. The zero-order valence-electron chi connectivity index (χ0n) is 29.1. The van der Waals surface area contributed by atoms with Gasteiger partial charge in [0, 0.05) is 36.7 Å². The molecule has 3 N–H and O–H groups in total. The van der Waals surface area contributed by atoms with Crippen LogP contribution in [0.25, 0.3) is 11.3 Å². The Kier molecular flexibility index (Phi) is 8.39. The van der Waals surface area contributed by atoms with Gasteiger partial charge in [0.25, 0.3) is 17.7 Å². The summed E-state index contributed by atoms with van der Waals surface area (Å²) < 4.78 is 22.2. The van der Waals surface area contributed by atoms with Gasteiger partial charge in [0.2, 0.25) is 11.8 Å². The highest BCUT2D eigenvalue weighted by atomic mass is 19.1. The van der Waals surface area contributed by atoms with Gasteiger partial charge in [0.05, 0.1) is 35.7 Å². The van der Waals surface area contributed by atoms with Crippen molar-refractivity contribution >= 4 is 29.4 Å². The number of nitrogens with two attached hydrogens (primary N) is 1. The molecular weight excluding hydrogens is 681 g/mol. The molecule has 4 aromatic rings. The van der Waals surface area contributed by atoms with Gasteiger partial charge in [-0.1, -0.05) is 12.1 Å². The van der Waals surface area contributed by atoms with Crippen molar-refractivity contribution in [2.75, 3.05) is 12.8 Å². The summed E-state index contributed by atoms with van der Waals surface area (Å²) in [4.78, 5) is 63.3. The van der Waals surface area contributed by atoms with Crippen molar-refractivity contribution in [2.45, 2.75) is 76.7 Å². The number of nitrogens with zero attached hydrogens (tertiary/aromatic N) is 7. The number of rotatable bonds is 4. The molecule has 2 aromatic heterocycles. The number of hydrogen-bond acceptors (Lipinski definition) is 10. The minimum absolute atomic E-state index is 0.00192. The fraction of sp³-hybridized carbons (Fsp3) is 0.368. The van der Waals surface area contributed by atoms with Gasteiger partial charge < -0.3 is 20.3 Å². The summed E-state index contributed by atoms with van der Waals surface area (Å²) in [6.07, 6.45) is 4.19. The molecule has 1 saturated carbocycles. The van der Waals surface area contributed by atoms with Crippen molar-refractivity contribution in [1.82, 2.24) is 34.9 Å². The summed E-state index contributed by atoms with van der Waals surface area (Å²) >= 11 is 0. The lowest BCUT2D eigenvalue weighted by molar-refractivity contribution is -0.136. The lowest BCUT2D eigenvalue weighted by atomic mass is 9.95. The van der Waals surface area contributed by atoms with E-state index in [1.165, 1.54) is 29.3 Å². The van der Waals surface area contributed by atoms with Crippen LogP contribution in [0.4, 0.5) is 10.2 Å². The molecule has 53 heavy (non-hydrogen) atoms. The number of amides is 4. The van der Waals surface area contributed by atoms with Gasteiger partial charge in [0.15, 0.2) is 5.82 Å². The Morgan fingerprint density at radius 2 is 1.89 bits per heavy atom. The number of aromatic nitrogens is 4. The highest BCUT2D eigenvalue weighted by Crippen LogP contribution is 2.41. The number of piperidine rings is 1. The van der Waals surface area contributed by atoms with E-state index in [-0.39, 0.29) is 65.6 Å². The van der Waals surface area contributed by atoms with E-state index in [1.54, 1.807) is 23.6 Å². The summed E-state index contributed by atoms with van der Waals surface area (Å²) in [6, 6.07) is 11.3. The molecule has 2 fully saturated rings. The normalized spacial score (nSPS) is 22.6. The number of benzene rings is 2. The molecule has 3 aliphatic heterocycles. The molecule has 5 heterocycles. The van der Waals surface area contributed by atoms with E-state index in [4.69, 9.17) is 15.6 Å². The maximum Gasteiger partial charge on any atom is 0.258 e. The smallest absolute Gasteiger partial charge is 0.258 e. The van der Waals surface area contributed by atoms with Crippen LogP contribution in [0.15, 0.2) is 42.6 Å². The van der Waals surface area contributed by atoms with E-state index in [0.717, 1.165) is 30.4 Å². The van der Waals surface area contributed by atoms with Gasteiger partial charge in [-0.2, -0.15) is 10.4 Å². The molecule has 3 unspecified atom stereocenters. The highest BCUT2D eigenvalue weighted by Gasteiger charge is 2.40. The average Bonchev–Trinajstić information content (AvgIpc) is 3.84. The molecule has 8 rings (SSSR count). The van der Waals surface area contributed by atoms with Gasteiger partial charge in [0.1, 0.15) is 29.7 Å². The zero-order valence-corrected chi connectivity index (χ0v) is 29.1. The molecule has 14 nitrogen and oxygen atoms in total. The first-order valence-corrected chi connectivity index (χ1v) is 17.6. The zero-order chi connectivity index (χ0) is 37.1. The Morgan fingerprint density at radius 1 is 1.06 bits per heavy atom. The van der Waals surface area contributed by atoms with E-state index in [0.29, 0.717) is 47.5 Å². The van der Waals surface area contributed by atoms with Gasteiger partial charge in [-0.25, -0.2) is 14.4 Å². The van der Waals surface area contributed by atoms with Crippen LogP contribution in [0.2, 0.25) is 0 Å². The molecule has 1 aliphatic carbocycles. The van der Waals surface area contributed by atoms with Crippen LogP contribution in [0.1, 0.15) is 100.0 Å². The van der Waals surface area contributed by atoms with Crippen molar-refractivity contribution in [3.63, 3.8) is 0 Å². The highest BCUT2D eigenvalue weighted by molar-refractivity contribution is 6.05. The first kappa shape index (κ1) is 33.9. The Labute approximate surface area is 303 Å². The SMILES string of the molecule is C[C@H]1Oc2nc(cnc2N)-c2c(nn(C3CCC(Cc4ccc5c(c4)C(=O)N(C4CCC(=O)NC4=O)C5)C3)c2C#N)CN(C)C(=O)c2ccc(F)cc21. The number of nitrogen functional groups attached to an aromatic ring is 1. The first-order valence-electron chi connectivity index (χ1n) is 17.6. The number of ether oxygens (including phenoxy) is 1. The minimum atomic E-state index is -0.801. The minimum Gasteiger partial charge on any atom is -0.467 e. The monoisotopic (exact) mass is 717 g/mol. The maximum absolute atomic E-state index is 14.4. The lowest BCUT2D eigenvalue weighted by Gasteiger charge is -2.29. The number of nitrogens with one attached hydrogen (secondary N) is 1. The summed E-state index contributed by atoms with van der Waals surface area (Å²) in [6.45, 7) is 2.03. The second-order valence-electron chi connectivity index (χ2n) is 14.3. The van der Waals surface area contributed by atoms with Crippen LogP contribution in [0.5, 0.6) is 5.88 Å². The van der Waals surface area contributed by atoms with Gasteiger partial charge in [-0.15, -0.1) is 0 Å². The molecule has 0 radical (unpaired) electrons. The number of carbonyl (C=O) groups is 4. The third-order valence-electron chi connectivity index (χ3n) is 10.8. The van der Waals surface area contributed by atoms with Gasteiger partial charge in [-0.3, -0.25) is 29.2 Å². The largest absolute Gasteiger partial charge is 0.467 e. The number of hydrogen-bond donors (Lipinski definition) is 2. The molecule has 15 heteroatoms. The van der Waals surface area contributed by atoms with E-state index >= 15 is 0 Å². The lowest BCUT2D eigenvalue weighted by Crippen LogP contribution is -2.52. The van der Waals surface area contributed by atoms with E-state index in [1.807, 2.05) is 18.2 Å². The van der Waals surface area contributed by atoms with Crippen LogP contribution < -0.4 is 15.8 Å². The standard InChI is InChI=1S/C38H36FN9O5/c1-19-26-14-23(39)6-8-25(26)37(51)46(2)18-29-33(28-16-42-34(41)36(43-28)53-19)31(15-40)48(45-29)24-7-4-20(12-24)11-21-3-5-22-17-47(38(52)27(22)13-21)30-9-10-32(49)44-35(30)50/h3,5-6,8,13-14,16,19-20,24,30H,4,7,9-12,17-18H2,1-2H3,(H2,41,42)(H,44,49,50)/t19-,20?,24?,30?/m1/s1. The molecule has 0 spiro atoms. The van der Waals surface area contributed by atoms with Crippen LogP contribution in [-0.4, -0.2) is 66.3 Å². The molecule has 4 amide bonds. The fourth-order valence-electron chi connectivity index (χ4n) is 8.14. The molecule has 4 aliphatic rings. The summed E-state index contributed by atoms with van der Waals surface area (Å²) in [5.74, 6) is -1.64. The summed E-state index contributed by atoms with van der Waals surface area (Å²) in [7, 11) is 1.62.